The van der Waals surface area contributed by atoms with Gasteiger partial charge in [-0.3, -0.25) is 0 Å². The van der Waals surface area contributed by atoms with Crippen molar-refractivity contribution in [1.82, 2.24) is 0 Å². The third-order valence-electron chi connectivity index (χ3n) is 4.49. The van der Waals surface area contributed by atoms with Crippen molar-refractivity contribution in [3.05, 3.63) is 44.8 Å². The fraction of sp³-hybridized carbons (Fsp3) is 0.391. The lowest BCUT2D eigenvalue weighted by Crippen LogP contribution is -2.36. The molecule has 33 heavy (non-hydrogen) atoms. The monoisotopic (exact) mass is 587 g/mol. The molecule has 0 aliphatic heterocycles. The Kier molecular flexibility index (Phi) is 10.5. The first-order valence-electron chi connectivity index (χ1n) is 10.3. The van der Waals surface area contributed by atoms with Crippen LogP contribution in [0.3, 0.4) is 0 Å². The first-order valence-corrected chi connectivity index (χ1v) is 11.9. The van der Waals surface area contributed by atoms with Crippen LogP contribution < -0.4 is 14.4 Å². The van der Waals surface area contributed by atoms with Crippen molar-refractivity contribution in [2.45, 2.75) is 39.5 Å². The predicted molar refractivity (Wildman–Crippen MR) is 132 cm³/mol. The lowest BCUT2D eigenvalue weighted by atomic mass is 10.0. The summed E-state index contributed by atoms with van der Waals surface area (Å²) in [7, 11) is 1.56. The summed E-state index contributed by atoms with van der Waals surface area (Å²) >= 11 is 6.83. The van der Waals surface area contributed by atoms with Crippen molar-refractivity contribution in [3.63, 3.8) is 0 Å². The molecule has 2 aromatic carbocycles. The lowest BCUT2D eigenvalue weighted by Gasteiger charge is -2.20. The highest BCUT2D eigenvalue weighted by Gasteiger charge is 2.26. The number of anilines is 1. The number of amides is 2. The van der Waals surface area contributed by atoms with E-state index in [0.29, 0.717) is 37.5 Å². The molecule has 0 aliphatic rings. The molecule has 0 heterocycles. The van der Waals surface area contributed by atoms with Gasteiger partial charge in [0.2, 0.25) is 0 Å². The Balaban J connectivity index is 2.32. The molecule has 2 amide bonds. The smallest absolute Gasteiger partial charge is 0.424 e. The van der Waals surface area contributed by atoms with E-state index in [9.17, 15) is 14.7 Å². The Bertz CT molecular complexity index is 958. The van der Waals surface area contributed by atoms with Gasteiger partial charge in [-0.15, -0.1) is 0 Å². The zero-order chi connectivity index (χ0) is 24.5. The van der Waals surface area contributed by atoms with Gasteiger partial charge < -0.3 is 24.1 Å². The van der Waals surface area contributed by atoms with Crippen molar-refractivity contribution in [2.24, 2.45) is 0 Å². The Morgan fingerprint density at radius 2 is 1.79 bits per heavy atom. The molecule has 2 rings (SSSR count). The molecule has 0 fully saturated rings. The zero-order valence-corrected chi connectivity index (χ0v) is 22.1. The van der Waals surface area contributed by atoms with Crippen LogP contribution in [-0.4, -0.2) is 37.8 Å². The van der Waals surface area contributed by atoms with Crippen LogP contribution in [-0.2, 0) is 9.47 Å². The highest BCUT2D eigenvalue weighted by atomic mass is 79.9. The number of ether oxygens (including phenoxy) is 4. The molecule has 0 radical (unpaired) electrons. The molecule has 0 atom stereocenters. The van der Waals surface area contributed by atoms with E-state index in [1.165, 1.54) is 12.1 Å². The number of unbranched alkanes of at least 4 members (excludes halogenated alkanes) is 1. The van der Waals surface area contributed by atoms with Gasteiger partial charge >= 0.3 is 12.2 Å². The van der Waals surface area contributed by atoms with Gasteiger partial charge in [-0.05, 0) is 74.5 Å². The molecular weight excluding hydrogens is 562 g/mol. The molecule has 0 saturated heterocycles. The van der Waals surface area contributed by atoms with Crippen molar-refractivity contribution in [3.8, 4) is 17.2 Å². The number of benzene rings is 2. The van der Waals surface area contributed by atoms with Gasteiger partial charge in [0.05, 0.1) is 21.2 Å². The van der Waals surface area contributed by atoms with E-state index in [1.807, 2.05) is 26.8 Å². The van der Waals surface area contributed by atoms with Gasteiger partial charge in [0, 0.05) is 12.7 Å². The highest BCUT2D eigenvalue weighted by Crippen LogP contribution is 2.41. The van der Waals surface area contributed by atoms with Gasteiger partial charge in [0.15, 0.2) is 12.5 Å². The number of hydrogen-bond donors (Lipinski definition) is 1. The van der Waals surface area contributed by atoms with Crippen LogP contribution in [0.25, 0.3) is 0 Å². The van der Waals surface area contributed by atoms with Crippen molar-refractivity contribution < 1.29 is 33.6 Å². The van der Waals surface area contributed by atoms with Crippen molar-refractivity contribution in [1.29, 1.82) is 0 Å². The number of imide groups is 1. The molecule has 0 aromatic heterocycles. The van der Waals surface area contributed by atoms with Crippen LogP contribution in [0.15, 0.2) is 39.3 Å². The average Bonchev–Trinajstić information content (AvgIpc) is 2.75. The van der Waals surface area contributed by atoms with E-state index >= 15 is 0 Å². The van der Waals surface area contributed by atoms with E-state index in [2.05, 4.69) is 31.9 Å². The number of carbonyl (C=O) groups is 2. The zero-order valence-electron chi connectivity index (χ0n) is 18.9. The van der Waals surface area contributed by atoms with Gasteiger partial charge in [-0.2, -0.15) is 4.90 Å². The maximum absolute atomic E-state index is 12.3. The first-order chi connectivity index (χ1) is 15.7. The minimum absolute atomic E-state index is 0.112. The molecule has 180 valence electrons. The second kappa shape index (κ2) is 12.8. The third kappa shape index (κ3) is 7.35. The fourth-order valence-electron chi connectivity index (χ4n) is 2.85. The van der Waals surface area contributed by atoms with Crippen LogP contribution in [0.5, 0.6) is 17.2 Å². The van der Waals surface area contributed by atoms with Crippen molar-refractivity contribution >= 4 is 49.7 Å². The average molecular weight is 589 g/mol. The summed E-state index contributed by atoms with van der Waals surface area (Å²) in [6.07, 6.45) is -0.942. The summed E-state index contributed by atoms with van der Waals surface area (Å²) in [6.45, 7) is 6.31. The molecule has 1 N–H and O–H groups in total. The summed E-state index contributed by atoms with van der Waals surface area (Å²) in [5.41, 5.74) is 1.06. The molecule has 0 aliphatic carbocycles. The standard InChI is InChI=1S/C23H27Br2NO7/c1-5-6-9-31-23(29)26(22(27)28)15-10-18(24)21(19(25)11-15)33-16-7-8-20(32-13-30-4)17(12-16)14(2)3/h7-8,10-12,14H,5-6,9,13H2,1-4H3,(H,27,28). The summed E-state index contributed by atoms with van der Waals surface area (Å²) in [6, 6.07) is 8.40. The van der Waals surface area contributed by atoms with Gasteiger partial charge in [-0.25, -0.2) is 9.59 Å². The van der Waals surface area contributed by atoms with Crippen LogP contribution in [0.2, 0.25) is 0 Å². The molecule has 2 aromatic rings. The molecule has 10 heteroatoms. The molecule has 8 nitrogen and oxygen atoms in total. The second-order valence-electron chi connectivity index (χ2n) is 7.33. The van der Waals surface area contributed by atoms with Gasteiger partial charge in [-0.1, -0.05) is 27.2 Å². The molecule has 0 saturated carbocycles. The van der Waals surface area contributed by atoms with Gasteiger partial charge in [0.25, 0.3) is 0 Å². The molecular formula is C23H27Br2NO7. The number of hydrogen-bond acceptors (Lipinski definition) is 6. The van der Waals surface area contributed by atoms with E-state index in [0.717, 1.165) is 12.0 Å². The van der Waals surface area contributed by atoms with Crippen molar-refractivity contribution in [2.75, 3.05) is 25.4 Å². The Morgan fingerprint density at radius 3 is 2.33 bits per heavy atom. The number of halogens is 2. The maximum atomic E-state index is 12.3. The number of carbonyl (C=O) groups excluding carboxylic acids is 1. The first kappa shape index (κ1) is 26.9. The number of methoxy groups -OCH3 is 1. The van der Waals surface area contributed by atoms with Gasteiger partial charge in [0.1, 0.15) is 11.5 Å². The third-order valence-corrected chi connectivity index (χ3v) is 5.67. The predicted octanol–water partition coefficient (Wildman–Crippen LogP) is 7.53. The van der Waals surface area contributed by atoms with Crippen LogP contribution >= 0.6 is 31.9 Å². The topological polar surface area (TPSA) is 94.5 Å². The minimum atomic E-state index is -1.45. The fourth-order valence-corrected chi connectivity index (χ4v) is 4.17. The maximum Gasteiger partial charge on any atom is 0.424 e. The summed E-state index contributed by atoms with van der Waals surface area (Å²) in [5.74, 6) is 1.86. The number of rotatable bonds is 10. The Morgan fingerprint density at radius 1 is 1.12 bits per heavy atom. The number of nitrogens with zero attached hydrogens (tertiary/aromatic N) is 1. The SMILES string of the molecule is CCCCOC(=O)N(C(=O)O)c1cc(Br)c(Oc2ccc(OCOC)c(C(C)C)c2)c(Br)c1. The normalized spacial score (nSPS) is 10.8. The Labute approximate surface area is 210 Å². The van der Waals surface area contributed by atoms with E-state index in [-0.39, 0.29) is 25.0 Å². The summed E-state index contributed by atoms with van der Waals surface area (Å²) < 4.78 is 22.6. The Hall–Kier alpha value is -2.30. The summed E-state index contributed by atoms with van der Waals surface area (Å²) in [4.78, 5) is 24.6. The summed E-state index contributed by atoms with van der Waals surface area (Å²) in [5, 5.41) is 9.55. The molecule has 0 bridgehead atoms. The quantitative estimate of drug-likeness (QED) is 0.226. The van der Waals surface area contributed by atoms with E-state index < -0.39 is 12.2 Å². The lowest BCUT2D eigenvalue weighted by molar-refractivity contribution is 0.0502. The van der Waals surface area contributed by atoms with Crippen LogP contribution in [0.1, 0.15) is 45.1 Å². The largest absolute Gasteiger partial charge is 0.467 e. The second-order valence-corrected chi connectivity index (χ2v) is 9.04. The molecule has 0 spiro atoms. The van der Waals surface area contributed by atoms with E-state index in [4.69, 9.17) is 18.9 Å². The van der Waals surface area contributed by atoms with Crippen LogP contribution in [0.4, 0.5) is 15.3 Å². The van der Waals surface area contributed by atoms with E-state index in [1.54, 1.807) is 19.2 Å². The minimum Gasteiger partial charge on any atom is -0.467 e. The highest BCUT2D eigenvalue weighted by molar-refractivity contribution is 9.11. The molecule has 0 unspecified atom stereocenters. The van der Waals surface area contributed by atoms with Crippen LogP contribution in [0, 0.1) is 0 Å². The number of carboxylic acid groups (broad SMARTS) is 1.